The number of nitrogens with zero attached hydrogens (tertiary/aromatic N) is 3. The van der Waals surface area contributed by atoms with E-state index in [0.29, 0.717) is 12.6 Å². The molecule has 2 N–H and O–H groups in total. The molecule has 0 aliphatic heterocycles. The fourth-order valence-electron chi connectivity index (χ4n) is 1.95. The van der Waals surface area contributed by atoms with Crippen molar-refractivity contribution in [1.82, 2.24) is 9.97 Å². The van der Waals surface area contributed by atoms with E-state index in [4.69, 9.17) is 5.73 Å². The van der Waals surface area contributed by atoms with Gasteiger partial charge in [-0.3, -0.25) is 0 Å². The average Bonchev–Trinajstić information content (AvgIpc) is 3.03. The molecular formula is C11H18N4. The van der Waals surface area contributed by atoms with Crippen molar-refractivity contribution in [1.29, 1.82) is 0 Å². The third kappa shape index (κ3) is 2.26. The summed E-state index contributed by atoms with van der Waals surface area (Å²) in [7, 11) is 2.07. The van der Waals surface area contributed by atoms with Gasteiger partial charge in [-0.15, -0.1) is 0 Å². The molecular weight excluding hydrogens is 188 g/mol. The molecule has 0 radical (unpaired) electrons. The zero-order valence-electron chi connectivity index (χ0n) is 9.35. The van der Waals surface area contributed by atoms with Crippen molar-refractivity contribution in [3.05, 3.63) is 18.1 Å². The molecule has 0 amide bonds. The molecule has 0 aromatic carbocycles. The molecule has 2 rings (SSSR count). The van der Waals surface area contributed by atoms with E-state index in [1.54, 1.807) is 6.33 Å². The van der Waals surface area contributed by atoms with Crippen molar-refractivity contribution in [2.45, 2.75) is 25.8 Å². The number of hydrogen-bond donors (Lipinski definition) is 1. The molecule has 0 saturated heterocycles. The third-order valence-corrected chi connectivity index (χ3v) is 3.06. The van der Waals surface area contributed by atoms with E-state index >= 15 is 0 Å². The predicted molar refractivity (Wildman–Crippen MR) is 60.7 cm³/mol. The molecule has 1 aliphatic rings. The fraction of sp³-hybridized carbons (Fsp3) is 0.636. The molecule has 15 heavy (non-hydrogen) atoms. The Kier molecular flexibility index (Phi) is 2.86. The highest BCUT2D eigenvalue weighted by Crippen LogP contribution is 2.35. The number of anilines is 1. The minimum absolute atomic E-state index is 0.430. The number of nitrogens with two attached hydrogens (primary N) is 1. The second-order valence-corrected chi connectivity index (χ2v) is 4.27. The largest absolute Gasteiger partial charge is 0.355 e. The smallest absolute Gasteiger partial charge is 0.132 e. The van der Waals surface area contributed by atoms with Gasteiger partial charge in [0.05, 0.1) is 0 Å². The Balaban J connectivity index is 2.14. The van der Waals surface area contributed by atoms with Gasteiger partial charge in [-0.1, -0.05) is 0 Å². The molecule has 82 valence electrons. The Morgan fingerprint density at radius 3 is 2.80 bits per heavy atom. The Morgan fingerprint density at radius 1 is 1.53 bits per heavy atom. The maximum absolute atomic E-state index is 5.80. The summed E-state index contributed by atoms with van der Waals surface area (Å²) in [5, 5.41) is 0. The van der Waals surface area contributed by atoms with Crippen LogP contribution in [0.15, 0.2) is 12.4 Å². The lowest BCUT2D eigenvalue weighted by Crippen LogP contribution is -2.40. The van der Waals surface area contributed by atoms with E-state index in [0.717, 1.165) is 17.4 Å². The summed E-state index contributed by atoms with van der Waals surface area (Å²) in [5.74, 6) is 1.74. The average molecular weight is 206 g/mol. The fourth-order valence-corrected chi connectivity index (χ4v) is 1.95. The highest BCUT2D eigenvalue weighted by Gasteiger charge is 2.33. The molecule has 1 atom stereocenters. The molecule has 1 heterocycles. The van der Waals surface area contributed by atoms with Crippen LogP contribution in [0.5, 0.6) is 0 Å². The summed E-state index contributed by atoms with van der Waals surface area (Å²) in [4.78, 5) is 10.6. The van der Waals surface area contributed by atoms with E-state index < -0.39 is 0 Å². The van der Waals surface area contributed by atoms with Crippen LogP contribution in [0.25, 0.3) is 0 Å². The number of aryl methyl sites for hydroxylation is 1. The second-order valence-electron chi connectivity index (χ2n) is 4.27. The number of likely N-dealkylation sites (N-methyl/N-ethyl adjacent to an activating group) is 1. The SMILES string of the molecule is Cc1cc(N(C)C(CN)C2CC2)ncn1. The molecule has 1 saturated carbocycles. The van der Waals surface area contributed by atoms with Gasteiger partial charge in [-0.2, -0.15) is 0 Å². The van der Waals surface area contributed by atoms with Crippen LogP contribution in [0.1, 0.15) is 18.5 Å². The van der Waals surface area contributed by atoms with Crippen molar-refractivity contribution >= 4 is 5.82 Å². The summed E-state index contributed by atoms with van der Waals surface area (Å²) in [6.45, 7) is 2.68. The van der Waals surface area contributed by atoms with Crippen LogP contribution >= 0.6 is 0 Å². The van der Waals surface area contributed by atoms with Gasteiger partial charge < -0.3 is 10.6 Å². The molecule has 1 unspecified atom stereocenters. The molecule has 4 nitrogen and oxygen atoms in total. The molecule has 1 aliphatic carbocycles. The highest BCUT2D eigenvalue weighted by molar-refractivity contribution is 5.39. The van der Waals surface area contributed by atoms with Crippen LogP contribution < -0.4 is 10.6 Å². The minimum Gasteiger partial charge on any atom is -0.355 e. The van der Waals surface area contributed by atoms with Gasteiger partial charge >= 0.3 is 0 Å². The zero-order chi connectivity index (χ0) is 10.8. The Hall–Kier alpha value is -1.16. The first-order valence-electron chi connectivity index (χ1n) is 5.44. The van der Waals surface area contributed by atoms with E-state index in [1.807, 2.05) is 13.0 Å². The van der Waals surface area contributed by atoms with E-state index in [2.05, 4.69) is 21.9 Å². The summed E-state index contributed by atoms with van der Waals surface area (Å²) in [6.07, 6.45) is 4.22. The first kappa shape index (κ1) is 10.4. The van der Waals surface area contributed by atoms with E-state index in [1.165, 1.54) is 12.8 Å². The quantitative estimate of drug-likeness (QED) is 0.797. The molecule has 1 fully saturated rings. The molecule has 0 spiro atoms. The Labute approximate surface area is 90.5 Å². The molecule has 4 heteroatoms. The van der Waals surface area contributed by atoms with Gasteiger partial charge in [-0.25, -0.2) is 9.97 Å². The van der Waals surface area contributed by atoms with Crippen molar-refractivity contribution in [2.24, 2.45) is 11.7 Å². The highest BCUT2D eigenvalue weighted by atomic mass is 15.2. The first-order valence-corrected chi connectivity index (χ1v) is 5.44. The van der Waals surface area contributed by atoms with Gasteiger partial charge in [0.25, 0.3) is 0 Å². The Bertz CT molecular complexity index is 335. The molecule has 0 bridgehead atoms. The third-order valence-electron chi connectivity index (χ3n) is 3.06. The van der Waals surface area contributed by atoms with Gasteiger partial charge in [0.1, 0.15) is 12.1 Å². The molecule has 1 aromatic heterocycles. The van der Waals surface area contributed by atoms with Crippen LogP contribution in [-0.4, -0.2) is 29.6 Å². The standard InChI is InChI=1S/C11H18N4/c1-8-5-11(14-7-13-8)15(2)10(6-12)9-3-4-9/h5,7,9-10H,3-4,6,12H2,1-2H3. The van der Waals surface area contributed by atoms with E-state index in [9.17, 15) is 0 Å². The maximum Gasteiger partial charge on any atom is 0.132 e. The van der Waals surface area contributed by atoms with Crippen LogP contribution in [0.3, 0.4) is 0 Å². The van der Waals surface area contributed by atoms with Crippen LogP contribution in [-0.2, 0) is 0 Å². The van der Waals surface area contributed by atoms with E-state index in [-0.39, 0.29) is 0 Å². The van der Waals surface area contributed by atoms with Crippen molar-refractivity contribution in [3.8, 4) is 0 Å². The summed E-state index contributed by atoms with van der Waals surface area (Å²) in [6, 6.07) is 2.43. The summed E-state index contributed by atoms with van der Waals surface area (Å²) >= 11 is 0. The lowest BCUT2D eigenvalue weighted by molar-refractivity contribution is 0.565. The van der Waals surface area contributed by atoms with Gasteiger partial charge in [0.2, 0.25) is 0 Å². The lowest BCUT2D eigenvalue weighted by Gasteiger charge is -2.28. The van der Waals surface area contributed by atoms with Crippen molar-refractivity contribution in [3.63, 3.8) is 0 Å². The Morgan fingerprint density at radius 2 is 2.27 bits per heavy atom. The van der Waals surface area contributed by atoms with Gasteiger partial charge in [0.15, 0.2) is 0 Å². The van der Waals surface area contributed by atoms with Gasteiger partial charge in [-0.05, 0) is 25.7 Å². The number of rotatable bonds is 4. The summed E-state index contributed by atoms with van der Waals surface area (Å²) in [5.41, 5.74) is 6.80. The van der Waals surface area contributed by atoms with Gasteiger partial charge in [0, 0.05) is 31.4 Å². The zero-order valence-corrected chi connectivity index (χ0v) is 9.35. The summed E-state index contributed by atoms with van der Waals surface area (Å²) < 4.78 is 0. The predicted octanol–water partition coefficient (Wildman–Crippen LogP) is 0.959. The molecule has 1 aromatic rings. The van der Waals surface area contributed by atoms with Crippen LogP contribution in [0, 0.1) is 12.8 Å². The topological polar surface area (TPSA) is 55.0 Å². The lowest BCUT2D eigenvalue weighted by atomic mass is 10.1. The van der Waals surface area contributed by atoms with Crippen LogP contribution in [0.2, 0.25) is 0 Å². The van der Waals surface area contributed by atoms with Crippen molar-refractivity contribution in [2.75, 3.05) is 18.5 Å². The monoisotopic (exact) mass is 206 g/mol. The number of hydrogen-bond acceptors (Lipinski definition) is 4. The van der Waals surface area contributed by atoms with Crippen molar-refractivity contribution < 1.29 is 0 Å². The van der Waals surface area contributed by atoms with Crippen LogP contribution in [0.4, 0.5) is 5.82 Å². The normalized spacial score (nSPS) is 17.5. The second kappa shape index (κ2) is 4.14. The number of aromatic nitrogens is 2. The first-order chi connectivity index (χ1) is 7.22. The maximum atomic E-state index is 5.80. The minimum atomic E-state index is 0.430.